The number of nitrogens with two attached hydrogens (primary N) is 1. The molecule has 0 spiro atoms. The van der Waals surface area contributed by atoms with E-state index in [0.717, 1.165) is 0 Å². The molecule has 2 heteroatoms. The molecule has 1 rings (SSSR count). The Kier molecular flexibility index (Phi) is 3.22. The Morgan fingerprint density at radius 2 is 1.80 bits per heavy atom. The molecule has 0 unspecified atom stereocenters. The van der Waals surface area contributed by atoms with Crippen molar-refractivity contribution in [2.75, 3.05) is 0 Å². The van der Waals surface area contributed by atoms with Crippen LogP contribution < -0.4 is 5.73 Å². The van der Waals surface area contributed by atoms with E-state index in [2.05, 4.69) is 18.2 Å². The zero-order chi connectivity index (χ0) is 7.40. The summed E-state index contributed by atoms with van der Waals surface area (Å²) in [6, 6.07) is 8.35. The maximum atomic E-state index is 5.54. The van der Waals surface area contributed by atoms with Gasteiger partial charge in [0.05, 0.1) is 0 Å². The molecule has 0 atom stereocenters. The minimum atomic E-state index is 0.671. The predicted octanol–water partition coefficient (Wildman–Crippen LogP) is 0.814. The first kappa shape index (κ1) is 8.08. The van der Waals surface area contributed by atoms with Crippen molar-refractivity contribution in [3.8, 4) is 0 Å². The Morgan fingerprint density at radius 3 is 2.20 bits per heavy atom. The maximum absolute atomic E-state index is 5.54. The zero-order valence-electron chi connectivity index (χ0n) is 5.80. The molecule has 1 aromatic carbocycles. The monoisotopic (exact) mass is 240 g/mol. The van der Waals surface area contributed by atoms with Gasteiger partial charge in [-0.2, -0.15) is 0 Å². The van der Waals surface area contributed by atoms with Gasteiger partial charge in [-0.05, 0) is 0 Å². The van der Waals surface area contributed by atoms with Crippen LogP contribution in [-0.2, 0) is 11.0 Å². The van der Waals surface area contributed by atoms with E-state index in [0.29, 0.717) is 6.54 Å². The molecule has 0 saturated heterocycles. The molecule has 1 nitrogen and oxygen atoms in total. The SMILES string of the molecule is NCc1ccccc1[CH2][Sn]. The quantitative estimate of drug-likeness (QED) is 0.759. The van der Waals surface area contributed by atoms with Crippen LogP contribution in [0.4, 0.5) is 0 Å². The van der Waals surface area contributed by atoms with Crippen molar-refractivity contribution in [3.05, 3.63) is 35.4 Å². The first-order valence-corrected chi connectivity index (χ1v) is 5.31. The van der Waals surface area contributed by atoms with Crippen molar-refractivity contribution < 1.29 is 0 Å². The summed E-state index contributed by atoms with van der Waals surface area (Å²) in [7, 11) is 0. The Labute approximate surface area is 74.7 Å². The van der Waals surface area contributed by atoms with Crippen molar-refractivity contribution in [2.45, 2.75) is 11.0 Å². The van der Waals surface area contributed by atoms with Crippen LogP contribution in [0.1, 0.15) is 11.1 Å². The minimum absolute atomic E-state index is 0.671. The number of hydrogen-bond donors (Lipinski definition) is 1. The summed E-state index contributed by atoms with van der Waals surface area (Å²) < 4.78 is 1.17. The van der Waals surface area contributed by atoms with Crippen molar-refractivity contribution in [2.24, 2.45) is 5.73 Å². The normalized spacial score (nSPS) is 9.80. The van der Waals surface area contributed by atoms with Gasteiger partial charge >= 0.3 is 74.6 Å². The van der Waals surface area contributed by atoms with Crippen LogP contribution in [0, 0.1) is 0 Å². The molecular formula is C8H10NSn. The third-order valence-electron chi connectivity index (χ3n) is 1.53. The Morgan fingerprint density at radius 1 is 1.20 bits per heavy atom. The van der Waals surface area contributed by atoms with Crippen LogP contribution in [0.2, 0.25) is 0 Å². The summed E-state index contributed by atoms with van der Waals surface area (Å²) in [5.41, 5.74) is 8.23. The Balaban J connectivity index is 2.96. The van der Waals surface area contributed by atoms with Crippen LogP contribution in [0.25, 0.3) is 0 Å². The molecule has 0 aliphatic rings. The van der Waals surface area contributed by atoms with Crippen molar-refractivity contribution in [1.82, 2.24) is 0 Å². The molecule has 0 bridgehead atoms. The van der Waals surface area contributed by atoms with Gasteiger partial charge in [0.15, 0.2) is 0 Å². The molecular weight excluding hydrogens is 229 g/mol. The summed E-state index contributed by atoms with van der Waals surface area (Å²) in [4.78, 5) is 0. The summed E-state index contributed by atoms with van der Waals surface area (Å²) in [5, 5.41) is 0. The molecule has 0 aliphatic heterocycles. The van der Waals surface area contributed by atoms with E-state index >= 15 is 0 Å². The van der Waals surface area contributed by atoms with E-state index < -0.39 is 0 Å². The second-order valence-electron chi connectivity index (χ2n) is 2.15. The van der Waals surface area contributed by atoms with Crippen molar-refractivity contribution in [3.63, 3.8) is 0 Å². The first-order valence-electron chi connectivity index (χ1n) is 3.30. The molecule has 51 valence electrons. The third-order valence-corrected chi connectivity index (χ3v) is 2.62. The summed E-state index contributed by atoms with van der Waals surface area (Å²) in [6.07, 6.45) is 0. The third kappa shape index (κ3) is 1.73. The topological polar surface area (TPSA) is 26.0 Å². The van der Waals surface area contributed by atoms with E-state index in [4.69, 9.17) is 5.73 Å². The van der Waals surface area contributed by atoms with Gasteiger partial charge in [0.1, 0.15) is 0 Å². The Hall–Kier alpha value is -0.0213. The van der Waals surface area contributed by atoms with Crippen LogP contribution in [0.5, 0.6) is 0 Å². The van der Waals surface area contributed by atoms with Gasteiger partial charge in [-0.1, -0.05) is 0 Å². The number of rotatable bonds is 2. The van der Waals surface area contributed by atoms with Crippen molar-refractivity contribution >= 4 is 22.5 Å². The fraction of sp³-hybridized carbons (Fsp3) is 0.250. The molecule has 0 saturated carbocycles. The average molecular weight is 239 g/mol. The number of hydrogen-bond acceptors (Lipinski definition) is 1. The Bertz CT molecular complexity index is 187. The molecule has 0 heterocycles. The molecule has 0 aromatic heterocycles. The first-order chi connectivity index (χ1) is 4.88. The molecule has 2 N–H and O–H groups in total. The van der Waals surface area contributed by atoms with Crippen LogP contribution in [0.15, 0.2) is 24.3 Å². The van der Waals surface area contributed by atoms with Crippen LogP contribution in [-0.4, -0.2) is 22.5 Å². The molecule has 3 radical (unpaired) electrons. The van der Waals surface area contributed by atoms with Gasteiger partial charge in [0, 0.05) is 0 Å². The fourth-order valence-corrected chi connectivity index (χ4v) is 1.91. The molecule has 0 aliphatic carbocycles. The van der Waals surface area contributed by atoms with Gasteiger partial charge in [-0.3, -0.25) is 0 Å². The van der Waals surface area contributed by atoms with E-state index in [1.165, 1.54) is 15.6 Å². The summed E-state index contributed by atoms with van der Waals surface area (Å²) in [5.74, 6) is 0. The summed E-state index contributed by atoms with van der Waals surface area (Å²) >= 11 is 1.55. The molecule has 0 fully saturated rings. The molecule has 0 amide bonds. The standard InChI is InChI=1S/C8H10N.Sn/c1-7-4-2-3-5-8(7)6-9;/h2-5H,1,6,9H2;. The fourth-order valence-electron chi connectivity index (χ4n) is 0.929. The van der Waals surface area contributed by atoms with Gasteiger partial charge in [-0.15, -0.1) is 0 Å². The zero-order valence-corrected chi connectivity index (χ0v) is 8.66. The van der Waals surface area contributed by atoms with Crippen molar-refractivity contribution in [1.29, 1.82) is 0 Å². The number of benzene rings is 1. The van der Waals surface area contributed by atoms with Gasteiger partial charge in [0.2, 0.25) is 0 Å². The van der Waals surface area contributed by atoms with Gasteiger partial charge in [-0.25, -0.2) is 0 Å². The van der Waals surface area contributed by atoms with Gasteiger partial charge < -0.3 is 0 Å². The van der Waals surface area contributed by atoms with Crippen LogP contribution >= 0.6 is 0 Å². The second kappa shape index (κ2) is 3.98. The van der Waals surface area contributed by atoms with E-state index in [1.807, 2.05) is 6.07 Å². The van der Waals surface area contributed by atoms with Gasteiger partial charge in [0.25, 0.3) is 0 Å². The molecule has 10 heavy (non-hydrogen) atoms. The summed E-state index contributed by atoms with van der Waals surface area (Å²) in [6.45, 7) is 0.671. The second-order valence-corrected chi connectivity index (χ2v) is 3.16. The average Bonchev–Trinajstić information content (AvgIpc) is 2.04. The molecule has 1 aromatic rings. The predicted molar refractivity (Wildman–Crippen MR) is 43.8 cm³/mol. The van der Waals surface area contributed by atoms with E-state index in [-0.39, 0.29) is 0 Å². The van der Waals surface area contributed by atoms with E-state index in [1.54, 1.807) is 22.5 Å². The van der Waals surface area contributed by atoms with Crippen LogP contribution in [0.3, 0.4) is 0 Å². The van der Waals surface area contributed by atoms with E-state index in [9.17, 15) is 0 Å².